The normalized spacial score (nSPS) is 12.1. The molecular weight excluding hydrogens is 282 g/mol. The summed E-state index contributed by atoms with van der Waals surface area (Å²) in [4.78, 5) is 2.81. The number of aryl methyl sites for hydroxylation is 1. The Balaban J connectivity index is 1.64. The van der Waals surface area contributed by atoms with Crippen LogP contribution in [0.3, 0.4) is 0 Å². The zero-order valence-corrected chi connectivity index (χ0v) is 13.7. The van der Waals surface area contributed by atoms with E-state index in [2.05, 4.69) is 31.3 Å². The maximum atomic E-state index is 5.69. The lowest BCUT2D eigenvalue weighted by atomic mass is 10.2. The summed E-state index contributed by atoms with van der Waals surface area (Å²) in [5.74, 6) is 1.72. The van der Waals surface area contributed by atoms with Gasteiger partial charge in [0.2, 0.25) is 0 Å². The van der Waals surface area contributed by atoms with Crippen LogP contribution < -0.4 is 14.8 Å². The summed E-state index contributed by atoms with van der Waals surface area (Å²) in [5, 5.41) is 3.49. The van der Waals surface area contributed by atoms with Gasteiger partial charge in [-0.05, 0) is 56.7 Å². The molecule has 1 N–H and O–H groups in total. The quantitative estimate of drug-likeness (QED) is 0.755. The molecule has 2 rings (SSSR count). The molecule has 0 saturated carbocycles. The van der Waals surface area contributed by atoms with Gasteiger partial charge in [0.1, 0.15) is 18.1 Å². The summed E-state index contributed by atoms with van der Waals surface area (Å²) in [6.07, 6.45) is 1.07. The van der Waals surface area contributed by atoms with Gasteiger partial charge in [0.05, 0.1) is 7.11 Å². The van der Waals surface area contributed by atoms with Gasteiger partial charge in [0, 0.05) is 22.3 Å². The molecule has 21 heavy (non-hydrogen) atoms. The first-order chi connectivity index (χ1) is 10.2. The molecule has 1 unspecified atom stereocenters. The van der Waals surface area contributed by atoms with Crippen LogP contribution in [0.15, 0.2) is 36.4 Å². The lowest BCUT2D eigenvalue weighted by Crippen LogP contribution is -2.31. The average Bonchev–Trinajstić information content (AvgIpc) is 2.89. The molecular formula is C17H23NO2S. The van der Waals surface area contributed by atoms with E-state index >= 15 is 0 Å². The van der Waals surface area contributed by atoms with E-state index in [1.807, 2.05) is 35.6 Å². The molecule has 0 aliphatic heterocycles. The van der Waals surface area contributed by atoms with Crippen molar-refractivity contribution in [3.05, 3.63) is 46.2 Å². The smallest absolute Gasteiger partial charge is 0.119 e. The standard InChI is InChI=1S/C17H23NO2S/c1-13(12-17-9-4-14(2)21-17)18-10-11-20-16-7-5-15(19-3)6-8-16/h4-9,13,18H,10-12H2,1-3H3. The van der Waals surface area contributed by atoms with Gasteiger partial charge in [-0.1, -0.05) is 0 Å². The van der Waals surface area contributed by atoms with Crippen LogP contribution in [-0.4, -0.2) is 26.3 Å². The minimum atomic E-state index is 0.461. The third-order valence-electron chi connectivity index (χ3n) is 3.23. The van der Waals surface area contributed by atoms with E-state index in [-0.39, 0.29) is 0 Å². The predicted molar refractivity (Wildman–Crippen MR) is 88.7 cm³/mol. The van der Waals surface area contributed by atoms with Gasteiger partial charge in [-0.25, -0.2) is 0 Å². The fourth-order valence-electron chi connectivity index (χ4n) is 2.11. The number of hydrogen-bond acceptors (Lipinski definition) is 4. The number of methoxy groups -OCH3 is 1. The van der Waals surface area contributed by atoms with E-state index < -0.39 is 0 Å². The van der Waals surface area contributed by atoms with E-state index in [1.165, 1.54) is 9.75 Å². The van der Waals surface area contributed by atoms with Crippen LogP contribution >= 0.6 is 11.3 Å². The van der Waals surface area contributed by atoms with E-state index in [9.17, 15) is 0 Å². The SMILES string of the molecule is COc1ccc(OCCNC(C)Cc2ccc(C)s2)cc1. The van der Waals surface area contributed by atoms with Gasteiger partial charge in [-0.2, -0.15) is 0 Å². The van der Waals surface area contributed by atoms with Crippen molar-refractivity contribution < 1.29 is 9.47 Å². The molecule has 1 aromatic heterocycles. The van der Waals surface area contributed by atoms with Crippen LogP contribution in [0.4, 0.5) is 0 Å². The second kappa shape index (κ2) is 8.05. The highest BCUT2D eigenvalue weighted by Crippen LogP contribution is 2.17. The van der Waals surface area contributed by atoms with E-state index in [0.29, 0.717) is 12.6 Å². The largest absolute Gasteiger partial charge is 0.497 e. The van der Waals surface area contributed by atoms with Crippen molar-refractivity contribution >= 4 is 11.3 Å². The summed E-state index contributed by atoms with van der Waals surface area (Å²) in [6, 6.07) is 12.5. The molecule has 1 aromatic carbocycles. The van der Waals surface area contributed by atoms with Gasteiger partial charge >= 0.3 is 0 Å². The van der Waals surface area contributed by atoms with Crippen molar-refractivity contribution in [3.63, 3.8) is 0 Å². The summed E-state index contributed by atoms with van der Waals surface area (Å²) in [7, 11) is 1.66. The lowest BCUT2D eigenvalue weighted by molar-refractivity contribution is 0.306. The number of nitrogens with one attached hydrogen (secondary N) is 1. The molecule has 0 bridgehead atoms. The summed E-state index contributed by atoms with van der Waals surface area (Å²) >= 11 is 1.87. The third-order valence-corrected chi connectivity index (χ3v) is 4.25. The van der Waals surface area contributed by atoms with E-state index in [1.54, 1.807) is 7.11 Å². The lowest BCUT2D eigenvalue weighted by Gasteiger charge is -2.13. The zero-order chi connectivity index (χ0) is 15.1. The van der Waals surface area contributed by atoms with Crippen molar-refractivity contribution in [2.75, 3.05) is 20.3 Å². The summed E-state index contributed by atoms with van der Waals surface area (Å²) < 4.78 is 10.8. The first-order valence-corrected chi connectivity index (χ1v) is 8.04. The average molecular weight is 305 g/mol. The van der Waals surface area contributed by atoms with Crippen LogP contribution in [-0.2, 0) is 6.42 Å². The van der Waals surface area contributed by atoms with Crippen molar-refractivity contribution in [1.82, 2.24) is 5.32 Å². The molecule has 0 aliphatic carbocycles. The first kappa shape index (κ1) is 15.9. The highest BCUT2D eigenvalue weighted by Gasteiger charge is 2.04. The molecule has 114 valence electrons. The van der Waals surface area contributed by atoms with Gasteiger partial charge in [-0.15, -0.1) is 11.3 Å². The zero-order valence-electron chi connectivity index (χ0n) is 12.9. The van der Waals surface area contributed by atoms with Crippen LogP contribution in [0.5, 0.6) is 11.5 Å². The highest BCUT2D eigenvalue weighted by molar-refractivity contribution is 7.11. The van der Waals surface area contributed by atoms with Crippen molar-refractivity contribution in [2.24, 2.45) is 0 Å². The fourth-order valence-corrected chi connectivity index (χ4v) is 3.13. The Morgan fingerprint density at radius 2 is 1.81 bits per heavy atom. The Bertz CT molecular complexity index is 536. The van der Waals surface area contributed by atoms with Gasteiger partial charge < -0.3 is 14.8 Å². The topological polar surface area (TPSA) is 30.5 Å². The van der Waals surface area contributed by atoms with Crippen molar-refractivity contribution in [2.45, 2.75) is 26.3 Å². The molecule has 0 saturated heterocycles. The Labute approximate surface area is 130 Å². The molecule has 0 aliphatic rings. The molecule has 2 aromatic rings. The molecule has 0 amide bonds. The Morgan fingerprint density at radius 1 is 1.10 bits per heavy atom. The van der Waals surface area contributed by atoms with Gasteiger partial charge in [0.15, 0.2) is 0 Å². The first-order valence-electron chi connectivity index (χ1n) is 7.23. The molecule has 0 spiro atoms. The summed E-state index contributed by atoms with van der Waals surface area (Å²) in [6.45, 7) is 5.87. The molecule has 0 fully saturated rings. The van der Waals surface area contributed by atoms with Crippen molar-refractivity contribution in [3.8, 4) is 11.5 Å². The Kier molecular flexibility index (Phi) is 6.08. The second-order valence-corrected chi connectivity index (χ2v) is 6.47. The van der Waals surface area contributed by atoms with Crippen LogP contribution in [0.1, 0.15) is 16.7 Å². The Hall–Kier alpha value is -1.52. The number of thiophene rings is 1. The molecule has 3 nitrogen and oxygen atoms in total. The van der Waals surface area contributed by atoms with Crippen molar-refractivity contribution in [1.29, 1.82) is 0 Å². The van der Waals surface area contributed by atoms with E-state index in [0.717, 1.165) is 24.5 Å². The number of benzene rings is 1. The molecule has 1 heterocycles. The number of rotatable bonds is 8. The molecule has 0 radical (unpaired) electrons. The minimum absolute atomic E-state index is 0.461. The maximum absolute atomic E-state index is 5.69. The van der Waals surface area contributed by atoms with Gasteiger partial charge in [-0.3, -0.25) is 0 Å². The van der Waals surface area contributed by atoms with Crippen LogP contribution in [0.25, 0.3) is 0 Å². The summed E-state index contributed by atoms with van der Waals surface area (Å²) in [5.41, 5.74) is 0. The highest BCUT2D eigenvalue weighted by atomic mass is 32.1. The predicted octanol–water partition coefficient (Wildman–Crippen LogP) is 3.66. The van der Waals surface area contributed by atoms with Crippen LogP contribution in [0, 0.1) is 6.92 Å². The number of ether oxygens (including phenoxy) is 2. The minimum Gasteiger partial charge on any atom is -0.497 e. The fraction of sp³-hybridized carbons (Fsp3) is 0.412. The molecule has 1 atom stereocenters. The number of hydrogen-bond donors (Lipinski definition) is 1. The Morgan fingerprint density at radius 3 is 2.43 bits per heavy atom. The van der Waals surface area contributed by atoms with Gasteiger partial charge in [0.25, 0.3) is 0 Å². The van der Waals surface area contributed by atoms with E-state index in [4.69, 9.17) is 9.47 Å². The monoisotopic (exact) mass is 305 g/mol. The molecule has 4 heteroatoms. The van der Waals surface area contributed by atoms with Crippen LogP contribution in [0.2, 0.25) is 0 Å². The third kappa shape index (κ3) is 5.40. The maximum Gasteiger partial charge on any atom is 0.119 e. The second-order valence-electron chi connectivity index (χ2n) is 5.10.